The van der Waals surface area contributed by atoms with Crippen molar-refractivity contribution < 1.29 is 23.2 Å². The van der Waals surface area contributed by atoms with Gasteiger partial charge in [0.1, 0.15) is 22.8 Å². The van der Waals surface area contributed by atoms with E-state index < -0.39 is 17.7 Å². The quantitative estimate of drug-likeness (QED) is 0.615. The number of esters is 1. The number of hydrogen-bond donors (Lipinski definition) is 1. The molecule has 3 rings (SSSR count). The third kappa shape index (κ3) is 3.89. The van der Waals surface area contributed by atoms with Crippen LogP contribution in [0.4, 0.5) is 10.1 Å². The van der Waals surface area contributed by atoms with Gasteiger partial charge in [0.15, 0.2) is 0 Å². The molecular weight excluding hydrogens is 387 g/mol. The Kier molecular flexibility index (Phi) is 5.75. The number of carbonyl (C=O) groups excluding carboxylic acids is 2. The summed E-state index contributed by atoms with van der Waals surface area (Å²) in [4.78, 5) is 24.5. The van der Waals surface area contributed by atoms with Gasteiger partial charge in [0.25, 0.3) is 5.91 Å². The summed E-state index contributed by atoms with van der Waals surface area (Å²) in [6.45, 7) is 3.53. The van der Waals surface area contributed by atoms with Gasteiger partial charge in [0, 0.05) is 5.69 Å². The Morgan fingerprint density at radius 1 is 1.21 bits per heavy atom. The molecule has 0 fully saturated rings. The van der Waals surface area contributed by atoms with E-state index in [9.17, 15) is 14.0 Å². The number of aromatic nitrogens is 1. The predicted octanol–water partition coefficient (Wildman–Crippen LogP) is 4.87. The van der Waals surface area contributed by atoms with Crippen LogP contribution < -0.4 is 5.32 Å². The minimum Gasteiger partial charge on any atom is -0.462 e. The predicted molar refractivity (Wildman–Crippen MR) is 102 cm³/mol. The van der Waals surface area contributed by atoms with Crippen LogP contribution in [0.15, 0.2) is 47.0 Å². The average molecular weight is 403 g/mol. The Hall–Kier alpha value is -3.19. The number of amides is 1. The molecule has 1 N–H and O–H groups in total. The molecule has 1 heterocycles. The maximum absolute atomic E-state index is 14.3. The van der Waals surface area contributed by atoms with Crippen molar-refractivity contribution in [2.24, 2.45) is 0 Å². The molecule has 0 saturated heterocycles. The van der Waals surface area contributed by atoms with Crippen LogP contribution in [0.5, 0.6) is 0 Å². The minimum absolute atomic E-state index is 0.0103. The summed E-state index contributed by atoms with van der Waals surface area (Å²) in [6.07, 6.45) is 0. The van der Waals surface area contributed by atoms with E-state index in [4.69, 9.17) is 20.9 Å². The van der Waals surface area contributed by atoms with Crippen LogP contribution in [-0.4, -0.2) is 23.6 Å². The average Bonchev–Trinajstić information content (AvgIpc) is 3.03. The van der Waals surface area contributed by atoms with E-state index in [2.05, 4.69) is 10.5 Å². The van der Waals surface area contributed by atoms with Gasteiger partial charge in [0.05, 0.1) is 22.8 Å². The molecular formula is C20H16ClFN2O4. The lowest BCUT2D eigenvalue weighted by molar-refractivity contribution is 0.0526. The molecule has 3 aromatic rings. The van der Waals surface area contributed by atoms with E-state index >= 15 is 0 Å². The first-order valence-electron chi connectivity index (χ1n) is 8.41. The summed E-state index contributed by atoms with van der Waals surface area (Å²) < 4.78 is 24.3. The van der Waals surface area contributed by atoms with Gasteiger partial charge >= 0.3 is 5.97 Å². The molecule has 0 atom stereocenters. The first-order chi connectivity index (χ1) is 13.4. The smallest absolute Gasteiger partial charge is 0.338 e. The summed E-state index contributed by atoms with van der Waals surface area (Å²) in [5.41, 5.74) is 0.871. The SMILES string of the molecule is CCOC(=O)c1ccc(NC(=O)c2c(-c3c(F)cccc3Cl)noc2C)cc1. The van der Waals surface area contributed by atoms with Crippen molar-refractivity contribution in [3.05, 3.63) is 70.2 Å². The zero-order valence-electron chi connectivity index (χ0n) is 15.1. The molecule has 28 heavy (non-hydrogen) atoms. The Balaban J connectivity index is 1.88. The monoisotopic (exact) mass is 402 g/mol. The van der Waals surface area contributed by atoms with Gasteiger partial charge in [-0.25, -0.2) is 9.18 Å². The lowest BCUT2D eigenvalue weighted by Gasteiger charge is -2.08. The van der Waals surface area contributed by atoms with Gasteiger partial charge in [0.2, 0.25) is 0 Å². The molecule has 0 aliphatic carbocycles. The molecule has 6 nitrogen and oxygen atoms in total. The summed E-state index contributed by atoms with van der Waals surface area (Å²) in [7, 11) is 0. The second-order valence-corrected chi connectivity index (χ2v) is 6.22. The van der Waals surface area contributed by atoms with Crippen molar-refractivity contribution in [3.8, 4) is 11.3 Å². The van der Waals surface area contributed by atoms with Crippen LogP contribution in [0, 0.1) is 12.7 Å². The molecule has 0 saturated carbocycles. The number of halogens is 2. The van der Waals surface area contributed by atoms with E-state index in [-0.39, 0.29) is 34.2 Å². The van der Waals surface area contributed by atoms with E-state index in [0.29, 0.717) is 11.3 Å². The Morgan fingerprint density at radius 3 is 2.57 bits per heavy atom. The summed E-state index contributed by atoms with van der Waals surface area (Å²) >= 11 is 6.09. The first kappa shape index (κ1) is 19.6. The summed E-state index contributed by atoms with van der Waals surface area (Å²) in [6, 6.07) is 10.4. The van der Waals surface area contributed by atoms with Crippen LogP contribution in [-0.2, 0) is 4.74 Å². The fraction of sp³-hybridized carbons (Fsp3) is 0.150. The van der Waals surface area contributed by atoms with E-state index in [1.165, 1.54) is 30.3 Å². The van der Waals surface area contributed by atoms with Gasteiger partial charge in [-0.1, -0.05) is 22.8 Å². The molecule has 1 aromatic heterocycles. The third-order valence-electron chi connectivity index (χ3n) is 3.94. The lowest BCUT2D eigenvalue weighted by atomic mass is 10.0. The molecule has 1 amide bonds. The molecule has 0 bridgehead atoms. The second kappa shape index (κ2) is 8.22. The van der Waals surface area contributed by atoms with Crippen LogP contribution in [0.3, 0.4) is 0 Å². The number of nitrogens with one attached hydrogen (secondary N) is 1. The van der Waals surface area contributed by atoms with E-state index in [1.54, 1.807) is 26.0 Å². The molecule has 0 aliphatic rings. The zero-order chi connectivity index (χ0) is 20.3. The van der Waals surface area contributed by atoms with Crippen molar-refractivity contribution in [1.29, 1.82) is 0 Å². The maximum Gasteiger partial charge on any atom is 0.338 e. The van der Waals surface area contributed by atoms with Crippen LogP contribution in [0.2, 0.25) is 5.02 Å². The second-order valence-electron chi connectivity index (χ2n) is 5.81. The summed E-state index contributed by atoms with van der Waals surface area (Å²) in [5, 5.41) is 6.59. The number of anilines is 1. The third-order valence-corrected chi connectivity index (χ3v) is 4.26. The fourth-order valence-corrected chi connectivity index (χ4v) is 2.88. The highest BCUT2D eigenvalue weighted by Crippen LogP contribution is 2.33. The van der Waals surface area contributed by atoms with Crippen molar-refractivity contribution in [2.45, 2.75) is 13.8 Å². The molecule has 8 heteroatoms. The highest BCUT2D eigenvalue weighted by atomic mass is 35.5. The molecule has 2 aromatic carbocycles. The number of ether oxygens (including phenoxy) is 1. The summed E-state index contributed by atoms with van der Waals surface area (Å²) in [5.74, 6) is -1.40. The van der Waals surface area contributed by atoms with Crippen LogP contribution in [0.1, 0.15) is 33.4 Å². The molecule has 0 spiro atoms. The largest absolute Gasteiger partial charge is 0.462 e. The fourth-order valence-electron chi connectivity index (χ4n) is 2.63. The van der Waals surface area contributed by atoms with Crippen LogP contribution >= 0.6 is 11.6 Å². The van der Waals surface area contributed by atoms with Crippen LogP contribution in [0.25, 0.3) is 11.3 Å². The van der Waals surface area contributed by atoms with Gasteiger partial charge in [-0.15, -0.1) is 0 Å². The standard InChI is InChI=1S/C20H16ClFN2O4/c1-3-27-20(26)12-7-9-13(10-8-12)23-19(25)16-11(2)28-24-18(16)17-14(21)5-4-6-15(17)22/h4-10H,3H2,1-2H3,(H,23,25). The van der Waals surface area contributed by atoms with Crippen molar-refractivity contribution in [3.63, 3.8) is 0 Å². The van der Waals surface area contributed by atoms with Gasteiger partial charge in [-0.2, -0.15) is 0 Å². The number of rotatable bonds is 5. The Labute approximate surface area is 165 Å². The Morgan fingerprint density at radius 2 is 1.93 bits per heavy atom. The number of carbonyl (C=O) groups is 2. The van der Waals surface area contributed by atoms with E-state index in [1.807, 2.05) is 0 Å². The van der Waals surface area contributed by atoms with Crippen molar-refractivity contribution in [2.75, 3.05) is 11.9 Å². The molecule has 144 valence electrons. The highest BCUT2D eigenvalue weighted by molar-refractivity contribution is 6.33. The zero-order valence-corrected chi connectivity index (χ0v) is 15.8. The highest BCUT2D eigenvalue weighted by Gasteiger charge is 2.25. The van der Waals surface area contributed by atoms with Crippen molar-refractivity contribution >= 4 is 29.2 Å². The molecule has 0 aliphatic heterocycles. The molecule has 0 radical (unpaired) electrons. The topological polar surface area (TPSA) is 81.4 Å². The first-order valence-corrected chi connectivity index (χ1v) is 8.79. The Bertz CT molecular complexity index is 1010. The lowest BCUT2D eigenvalue weighted by Crippen LogP contribution is -2.14. The number of aryl methyl sites for hydroxylation is 1. The van der Waals surface area contributed by atoms with E-state index in [0.717, 1.165) is 0 Å². The minimum atomic E-state index is -0.617. The normalized spacial score (nSPS) is 10.6. The number of benzene rings is 2. The molecule has 0 unspecified atom stereocenters. The van der Waals surface area contributed by atoms with Crippen molar-refractivity contribution in [1.82, 2.24) is 5.16 Å². The number of nitrogens with zero attached hydrogens (tertiary/aromatic N) is 1. The van der Waals surface area contributed by atoms with Gasteiger partial charge in [-0.3, -0.25) is 4.79 Å². The number of hydrogen-bond acceptors (Lipinski definition) is 5. The van der Waals surface area contributed by atoms with Gasteiger partial charge < -0.3 is 14.6 Å². The van der Waals surface area contributed by atoms with Gasteiger partial charge in [-0.05, 0) is 50.2 Å². The maximum atomic E-state index is 14.3.